The van der Waals surface area contributed by atoms with Crippen LogP contribution in [0.25, 0.3) is 10.9 Å². The topological polar surface area (TPSA) is 79.0 Å². The number of amides is 1. The van der Waals surface area contributed by atoms with Crippen molar-refractivity contribution in [1.82, 2.24) is 9.47 Å². The third kappa shape index (κ3) is 5.14. The van der Waals surface area contributed by atoms with Gasteiger partial charge in [-0.1, -0.05) is 12.1 Å². The zero-order valence-corrected chi connectivity index (χ0v) is 21.5. The summed E-state index contributed by atoms with van der Waals surface area (Å²) in [6, 6.07) is 6.61. The number of halogens is 3. The molecule has 36 heavy (non-hydrogen) atoms. The lowest BCUT2D eigenvalue weighted by atomic mass is 9.88. The standard InChI is InChI=1S/C26H31F2N3O4.ClH/c1-33-11-10-31-15-20(19-13-22(34-2)25(35-3)23(28)24(19)31)26(32)30-8-6-17(7-9-30)18-12-16(14-29)4-5-21(18)27;/h4-5,12-13,15,17H,6-11,14,29H2,1-3H3;1H. The van der Waals surface area contributed by atoms with Gasteiger partial charge in [-0.3, -0.25) is 4.79 Å². The quantitative estimate of drug-likeness (QED) is 0.471. The van der Waals surface area contributed by atoms with E-state index in [0.717, 1.165) is 5.56 Å². The van der Waals surface area contributed by atoms with Crippen LogP contribution >= 0.6 is 12.4 Å². The van der Waals surface area contributed by atoms with Crippen LogP contribution in [-0.2, 0) is 17.8 Å². The molecule has 1 fully saturated rings. The molecule has 3 aromatic rings. The monoisotopic (exact) mass is 523 g/mol. The van der Waals surface area contributed by atoms with Gasteiger partial charge in [0.05, 0.1) is 31.9 Å². The third-order valence-electron chi connectivity index (χ3n) is 6.73. The number of carbonyl (C=O) groups excluding carboxylic acids is 1. The molecule has 1 saturated heterocycles. The van der Waals surface area contributed by atoms with Crippen LogP contribution in [0.2, 0.25) is 0 Å². The molecule has 0 spiro atoms. The second-order valence-corrected chi connectivity index (χ2v) is 8.68. The van der Waals surface area contributed by atoms with E-state index in [1.54, 1.807) is 34.9 Å². The molecule has 0 atom stereocenters. The maximum Gasteiger partial charge on any atom is 0.256 e. The molecule has 0 bridgehead atoms. The summed E-state index contributed by atoms with van der Waals surface area (Å²) in [6.07, 6.45) is 2.92. The molecular formula is C26H32ClF2N3O4. The number of hydrogen-bond donors (Lipinski definition) is 1. The van der Waals surface area contributed by atoms with Crippen molar-refractivity contribution in [3.8, 4) is 11.5 Å². The summed E-state index contributed by atoms with van der Waals surface area (Å²) < 4.78 is 47.3. The molecule has 0 radical (unpaired) electrons. The first-order valence-corrected chi connectivity index (χ1v) is 11.6. The molecule has 1 amide bonds. The van der Waals surface area contributed by atoms with E-state index >= 15 is 4.39 Å². The Labute approximate surface area is 215 Å². The van der Waals surface area contributed by atoms with Crippen molar-refractivity contribution in [2.24, 2.45) is 5.73 Å². The predicted octanol–water partition coefficient (Wildman–Crippen LogP) is 4.48. The molecule has 10 heteroatoms. The number of likely N-dealkylation sites (tertiary alicyclic amines) is 1. The van der Waals surface area contributed by atoms with Gasteiger partial charge >= 0.3 is 0 Å². The van der Waals surface area contributed by atoms with Crippen molar-refractivity contribution in [2.45, 2.75) is 31.8 Å². The van der Waals surface area contributed by atoms with Gasteiger partial charge in [0.2, 0.25) is 0 Å². The van der Waals surface area contributed by atoms with E-state index < -0.39 is 5.82 Å². The maximum absolute atomic E-state index is 15.4. The highest BCUT2D eigenvalue weighted by atomic mass is 35.5. The lowest BCUT2D eigenvalue weighted by Gasteiger charge is -2.32. The van der Waals surface area contributed by atoms with Gasteiger partial charge in [0.1, 0.15) is 5.82 Å². The van der Waals surface area contributed by atoms with Crippen LogP contribution in [-0.4, -0.2) is 56.4 Å². The lowest BCUT2D eigenvalue weighted by Crippen LogP contribution is -2.38. The summed E-state index contributed by atoms with van der Waals surface area (Å²) in [5.74, 6) is -0.832. The minimum atomic E-state index is -0.592. The molecule has 1 aliphatic heterocycles. The summed E-state index contributed by atoms with van der Waals surface area (Å²) in [7, 11) is 4.36. The first-order chi connectivity index (χ1) is 16.9. The van der Waals surface area contributed by atoms with Crippen LogP contribution in [0.1, 0.15) is 40.2 Å². The average molecular weight is 524 g/mol. The average Bonchev–Trinajstić information content (AvgIpc) is 3.25. The third-order valence-corrected chi connectivity index (χ3v) is 6.73. The Morgan fingerprint density at radius 2 is 1.83 bits per heavy atom. The van der Waals surface area contributed by atoms with Crippen LogP contribution in [0, 0.1) is 11.6 Å². The van der Waals surface area contributed by atoms with Crippen LogP contribution in [0.3, 0.4) is 0 Å². The van der Waals surface area contributed by atoms with E-state index in [1.807, 2.05) is 6.07 Å². The highest BCUT2D eigenvalue weighted by Gasteiger charge is 2.30. The first kappa shape index (κ1) is 27.7. The minimum Gasteiger partial charge on any atom is -0.493 e. The van der Waals surface area contributed by atoms with Gasteiger partial charge in [0, 0.05) is 44.9 Å². The molecule has 0 unspecified atom stereocenters. The largest absolute Gasteiger partial charge is 0.493 e. The number of ether oxygens (including phenoxy) is 3. The fourth-order valence-electron chi connectivity index (χ4n) is 4.85. The number of methoxy groups -OCH3 is 3. The Morgan fingerprint density at radius 1 is 1.11 bits per heavy atom. The summed E-state index contributed by atoms with van der Waals surface area (Å²) >= 11 is 0. The zero-order chi connectivity index (χ0) is 25.1. The molecule has 0 saturated carbocycles. The Morgan fingerprint density at radius 3 is 2.44 bits per heavy atom. The van der Waals surface area contributed by atoms with Crippen LogP contribution in [0.4, 0.5) is 8.78 Å². The molecule has 2 heterocycles. The van der Waals surface area contributed by atoms with Gasteiger partial charge in [-0.05, 0) is 42.0 Å². The van der Waals surface area contributed by atoms with Gasteiger partial charge in [-0.15, -0.1) is 12.4 Å². The first-order valence-electron chi connectivity index (χ1n) is 11.6. The number of nitrogens with two attached hydrogens (primary N) is 1. The second kappa shape index (κ2) is 11.9. The van der Waals surface area contributed by atoms with Gasteiger partial charge in [-0.2, -0.15) is 0 Å². The highest BCUT2D eigenvalue weighted by Crippen LogP contribution is 2.39. The number of nitrogens with zero attached hydrogens (tertiary/aromatic N) is 2. The number of carbonyl (C=O) groups is 1. The molecular weight excluding hydrogens is 492 g/mol. The molecule has 7 nitrogen and oxygen atoms in total. The summed E-state index contributed by atoms with van der Waals surface area (Å²) in [6.45, 7) is 2.00. The summed E-state index contributed by atoms with van der Waals surface area (Å²) in [5, 5.41) is 0.449. The zero-order valence-electron chi connectivity index (χ0n) is 20.7. The van der Waals surface area contributed by atoms with Crippen LogP contribution in [0.5, 0.6) is 11.5 Å². The van der Waals surface area contributed by atoms with Gasteiger partial charge in [0.25, 0.3) is 5.91 Å². The van der Waals surface area contributed by atoms with Gasteiger partial charge < -0.3 is 29.4 Å². The lowest BCUT2D eigenvalue weighted by molar-refractivity contribution is 0.0714. The highest BCUT2D eigenvalue weighted by molar-refractivity contribution is 6.08. The van der Waals surface area contributed by atoms with Crippen molar-refractivity contribution >= 4 is 29.2 Å². The van der Waals surface area contributed by atoms with Crippen molar-refractivity contribution < 1.29 is 27.8 Å². The Bertz CT molecular complexity index is 1230. The SMILES string of the molecule is COCCn1cc(C(=O)N2CCC(c3cc(CN)ccc3F)CC2)c2cc(OC)c(OC)c(F)c21.Cl. The molecule has 2 N–H and O–H groups in total. The molecule has 4 rings (SSSR count). The molecule has 1 aromatic heterocycles. The molecule has 2 aromatic carbocycles. The number of fused-ring (bicyclic) bond motifs is 1. The second-order valence-electron chi connectivity index (χ2n) is 8.68. The molecule has 1 aliphatic rings. The number of rotatable bonds is 8. The van der Waals surface area contributed by atoms with Crippen LogP contribution in [0.15, 0.2) is 30.5 Å². The summed E-state index contributed by atoms with van der Waals surface area (Å²) in [5.41, 5.74) is 7.90. The number of piperidine rings is 1. The summed E-state index contributed by atoms with van der Waals surface area (Å²) in [4.78, 5) is 15.3. The Balaban J connectivity index is 0.00000361. The van der Waals surface area contributed by atoms with Gasteiger partial charge in [0.15, 0.2) is 17.3 Å². The van der Waals surface area contributed by atoms with E-state index in [1.165, 1.54) is 20.3 Å². The van der Waals surface area contributed by atoms with Crippen molar-refractivity contribution in [1.29, 1.82) is 0 Å². The van der Waals surface area contributed by atoms with Crippen molar-refractivity contribution in [2.75, 3.05) is 41.0 Å². The van der Waals surface area contributed by atoms with E-state index in [0.29, 0.717) is 62.1 Å². The van der Waals surface area contributed by atoms with E-state index in [9.17, 15) is 9.18 Å². The Hall–Kier alpha value is -2.88. The Kier molecular flexibility index (Phi) is 9.16. The predicted molar refractivity (Wildman–Crippen MR) is 136 cm³/mol. The van der Waals surface area contributed by atoms with Crippen molar-refractivity contribution in [3.05, 3.63) is 58.8 Å². The van der Waals surface area contributed by atoms with E-state index in [-0.39, 0.29) is 47.1 Å². The normalized spacial score (nSPS) is 14.1. The van der Waals surface area contributed by atoms with Gasteiger partial charge in [-0.25, -0.2) is 8.78 Å². The minimum absolute atomic E-state index is 0. The fraction of sp³-hybridized carbons (Fsp3) is 0.423. The number of benzene rings is 2. The fourth-order valence-corrected chi connectivity index (χ4v) is 4.85. The van der Waals surface area contributed by atoms with Crippen molar-refractivity contribution in [3.63, 3.8) is 0 Å². The molecule has 196 valence electrons. The number of aromatic nitrogens is 1. The van der Waals surface area contributed by atoms with Crippen LogP contribution < -0.4 is 15.2 Å². The molecule has 0 aliphatic carbocycles. The van der Waals surface area contributed by atoms with E-state index in [2.05, 4.69) is 0 Å². The number of hydrogen-bond acceptors (Lipinski definition) is 5. The maximum atomic E-state index is 15.4. The smallest absolute Gasteiger partial charge is 0.256 e. The van der Waals surface area contributed by atoms with E-state index in [4.69, 9.17) is 19.9 Å².